The summed E-state index contributed by atoms with van der Waals surface area (Å²) < 4.78 is 2.32. The molecule has 0 saturated heterocycles. The normalized spacial score (nSPS) is 13.8. The number of hydrogen-bond donors (Lipinski definition) is 0. The number of hydrogen-bond acceptors (Lipinski definition) is 4. The highest BCUT2D eigenvalue weighted by molar-refractivity contribution is 5.76. The standard InChI is InChI=1S/C27H33N5/c1-19-9-8-10-24(15-19)16-25-28-27-26(20(2)30(6)21(3)31(27)7)32(25)18-23-13-11-22(12-14-23)17-29(4)5/h8-15H,2-3,16-18H2,1,4-7H3. The van der Waals surface area contributed by atoms with Crippen LogP contribution in [0.5, 0.6) is 0 Å². The van der Waals surface area contributed by atoms with E-state index in [0.29, 0.717) is 0 Å². The number of aromatic nitrogens is 2. The predicted molar refractivity (Wildman–Crippen MR) is 133 cm³/mol. The third-order valence-corrected chi connectivity index (χ3v) is 6.11. The molecule has 4 rings (SSSR count). The van der Waals surface area contributed by atoms with Gasteiger partial charge in [0.2, 0.25) is 0 Å². The fourth-order valence-corrected chi connectivity index (χ4v) is 4.27. The molecule has 0 spiro atoms. The Morgan fingerprint density at radius 2 is 1.59 bits per heavy atom. The molecule has 5 heteroatoms. The first kappa shape index (κ1) is 21.9. The molecule has 2 heterocycles. The van der Waals surface area contributed by atoms with E-state index in [1.807, 2.05) is 19.0 Å². The van der Waals surface area contributed by atoms with Crippen LogP contribution in [0.2, 0.25) is 0 Å². The van der Waals surface area contributed by atoms with Gasteiger partial charge >= 0.3 is 0 Å². The van der Waals surface area contributed by atoms with Crippen molar-refractivity contribution in [3.05, 3.63) is 101 Å². The van der Waals surface area contributed by atoms with E-state index < -0.39 is 0 Å². The lowest BCUT2D eigenvalue weighted by atomic mass is 10.1. The van der Waals surface area contributed by atoms with Gasteiger partial charge in [0.05, 0.1) is 5.70 Å². The van der Waals surface area contributed by atoms with Gasteiger partial charge < -0.3 is 19.3 Å². The van der Waals surface area contributed by atoms with E-state index in [0.717, 1.165) is 48.4 Å². The zero-order valence-corrected chi connectivity index (χ0v) is 19.9. The number of aryl methyl sites for hydroxylation is 1. The summed E-state index contributed by atoms with van der Waals surface area (Å²) in [7, 11) is 8.22. The molecule has 166 valence electrons. The molecule has 0 unspecified atom stereocenters. The van der Waals surface area contributed by atoms with E-state index in [2.05, 4.69) is 97.1 Å². The molecule has 1 aromatic heterocycles. The number of anilines is 1. The molecule has 0 aliphatic carbocycles. The average Bonchev–Trinajstić information content (AvgIpc) is 3.09. The molecule has 2 aromatic carbocycles. The lowest BCUT2D eigenvalue weighted by molar-refractivity contribution is 0.402. The zero-order valence-electron chi connectivity index (χ0n) is 19.9. The summed E-state index contributed by atoms with van der Waals surface area (Å²) in [4.78, 5) is 11.4. The highest BCUT2D eigenvalue weighted by Crippen LogP contribution is 2.37. The summed E-state index contributed by atoms with van der Waals surface area (Å²) in [6.07, 6.45) is 0.769. The topological polar surface area (TPSA) is 27.5 Å². The van der Waals surface area contributed by atoms with Crippen LogP contribution >= 0.6 is 0 Å². The molecular formula is C27H33N5. The summed E-state index contributed by atoms with van der Waals surface area (Å²) in [5.41, 5.74) is 7.07. The van der Waals surface area contributed by atoms with E-state index in [9.17, 15) is 0 Å². The van der Waals surface area contributed by atoms with Crippen LogP contribution in [0, 0.1) is 6.92 Å². The van der Waals surface area contributed by atoms with E-state index in [-0.39, 0.29) is 0 Å². The summed E-state index contributed by atoms with van der Waals surface area (Å²) in [5, 5.41) is 0. The van der Waals surface area contributed by atoms with E-state index in [1.165, 1.54) is 22.3 Å². The Labute approximate surface area is 191 Å². The number of fused-ring (bicyclic) bond motifs is 1. The smallest absolute Gasteiger partial charge is 0.162 e. The van der Waals surface area contributed by atoms with Crippen molar-refractivity contribution < 1.29 is 0 Å². The molecule has 32 heavy (non-hydrogen) atoms. The van der Waals surface area contributed by atoms with Crippen molar-refractivity contribution in [3.63, 3.8) is 0 Å². The Kier molecular flexibility index (Phi) is 5.94. The molecular weight excluding hydrogens is 394 g/mol. The van der Waals surface area contributed by atoms with E-state index >= 15 is 0 Å². The first-order chi connectivity index (χ1) is 15.2. The monoisotopic (exact) mass is 427 g/mol. The van der Waals surface area contributed by atoms with Crippen LogP contribution in [0.4, 0.5) is 5.82 Å². The second kappa shape index (κ2) is 8.67. The molecule has 0 N–H and O–H groups in total. The molecule has 0 atom stereocenters. The average molecular weight is 428 g/mol. The maximum atomic E-state index is 5.08. The Morgan fingerprint density at radius 3 is 2.25 bits per heavy atom. The summed E-state index contributed by atoms with van der Waals surface area (Å²) >= 11 is 0. The lowest BCUT2D eigenvalue weighted by Crippen LogP contribution is -2.34. The Morgan fingerprint density at radius 1 is 0.906 bits per heavy atom. The van der Waals surface area contributed by atoms with Crippen molar-refractivity contribution in [1.82, 2.24) is 19.4 Å². The number of rotatable bonds is 6. The van der Waals surface area contributed by atoms with Gasteiger partial charge in [-0.05, 0) is 37.7 Å². The Hall–Kier alpha value is -3.31. The summed E-state index contributed by atoms with van der Waals surface area (Å²) in [6, 6.07) is 17.5. The highest BCUT2D eigenvalue weighted by Gasteiger charge is 2.31. The lowest BCUT2D eigenvalue weighted by Gasteiger charge is -2.36. The van der Waals surface area contributed by atoms with Crippen LogP contribution in [0.3, 0.4) is 0 Å². The van der Waals surface area contributed by atoms with E-state index in [4.69, 9.17) is 4.98 Å². The van der Waals surface area contributed by atoms with Gasteiger partial charge in [-0.25, -0.2) is 4.98 Å². The van der Waals surface area contributed by atoms with Gasteiger partial charge in [0, 0.05) is 33.6 Å². The van der Waals surface area contributed by atoms with Gasteiger partial charge in [-0.3, -0.25) is 0 Å². The fraction of sp³-hybridized carbons (Fsp3) is 0.296. The maximum Gasteiger partial charge on any atom is 0.162 e. The van der Waals surface area contributed by atoms with Crippen LogP contribution in [0.1, 0.15) is 33.8 Å². The second-order valence-corrected chi connectivity index (χ2v) is 8.99. The largest absolute Gasteiger partial charge is 0.330 e. The molecule has 0 saturated carbocycles. The van der Waals surface area contributed by atoms with Gasteiger partial charge in [0.25, 0.3) is 0 Å². The van der Waals surface area contributed by atoms with Crippen LogP contribution in [-0.2, 0) is 19.5 Å². The number of imidazole rings is 1. The van der Waals surface area contributed by atoms with Gasteiger partial charge in [-0.2, -0.15) is 0 Å². The van der Waals surface area contributed by atoms with Crippen LogP contribution in [-0.4, -0.2) is 47.5 Å². The Bertz CT molecular complexity index is 1150. The first-order valence-corrected chi connectivity index (χ1v) is 11.0. The quantitative estimate of drug-likeness (QED) is 0.569. The molecule has 3 aromatic rings. The predicted octanol–water partition coefficient (Wildman–Crippen LogP) is 4.72. The van der Waals surface area contributed by atoms with Gasteiger partial charge in [0.15, 0.2) is 5.82 Å². The third kappa shape index (κ3) is 4.21. The highest BCUT2D eigenvalue weighted by atomic mass is 15.4. The maximum absolute atomic E-state index is 5.08. The minimum Gasteiger partial charge on any atom is -0.330 e. The fourth-order valence-electron chi connectivity index (χ4n) is 4.27. The van der Waals surface area contributed by atoms with Crippen molar-refractivity contribution in [2.75, 3.05) is 33.1 Å². The van der Waals surface area contributed by atoms with Gasteiger partial charge in [-0.15, -0.1) is 0 Å². The Balaban J connectivity index is 1.76. The zero-order chi connectivity index (χ0) is 23.0. The third-order valence-electron chi connectivity index (χ3n) is 6.11. The summed E-state index contributed by atoms with van der Waals surface area (Å²) in [5.74, 6) is 2.83. The first-order valence-electron chi connectivity index (χ1n) is 11.0. The molecule has 5 nitrogen and oxygen atoms in total. The number of nitrogens with zero attached hydrogens (tertiary/aromatic N) is 5. The van der Waals surface area contributed by atoms with Crippen molar-refractivity contribution in [2.24, 2.45) is 0 Å². The molecule has 0 radical (unpaired) electrons. The molecule has 1 aliphatic heterocycles. The SMILES string of the molecule is C=C1c2c(nc(Cc3cccc(C)c3)n2Cc2ccc(CN(C)C)cc2)N(C)C(=C)N1C. The minimum atomic E-state index is 0.749. The molecule has 0 fully saturated rings. The molecule has 0 bridgehead atoms. The minimum absolute atomic E-state index is 0.749. The van der Waals surface area contributed by atoms with Crippen molar-refractivity contribution in [3.8, 4) is 0 Å². The van der Waals surface area contributed by atoms with Crippen LogP contribution in [0.25, 0.3) is 5.70 Å². The van der Waals surface area contributed by atoms with Crippen molar-refractivity contribution in [1.29, 1.82) is 0 Å². The molecule has 1 aliphatic rings. The second-order valence-electron chi connectivity index (χ2n) is 8.99. The van der Waals surface area contributed by atoms with Gasteiger partial charge in [0.1, 0.15) is 17.3 Å². The molecule has 0 amide bonds. The van der Waals surface area contributed by atoms with Crippen molar-refractivity contribution >= 4 is 11.5 Å². The van der Waals surface area contributed by atoms with E-state index in [1.54, 1.807) is 0 Å². The van der Waals surface area contributed by atoms with Crippen LogP contribution in [0.15, 0.2) is 67.5 Å². The van der Waals surface area contributed by atoms with Crippen LogP contribution < -0.4 is 4.90 Å². The van der Waals surface area contributed by atoms with Crippen molar-refractivity contribution in [2.45, 2.75) is 26.4 Å². The number of benzene rings is 2. The van der Waals surface area contributed by atoms with Gasteiger partial charge in [-0.1, -0.05) is 67.3 Å². The summed E-state index contributed by atoms with van der Waals surface area (Å²) in [6.45, 7) is 12.4.